The Morgan fingerprint density at radius 1 is 1.48 bits per heavy atom. The number of carbonyl (C=O) groups is 1. The molecule has 1 aromatic heterocycles. The van der Waals surface area contributed by atoms with Gasteiger partial charge in [0.25, 0.3) is 5.91 Å². The largest absolute Gasteiger partial charge is 0.391 e. The molecule has 21 heavy (non-hydrogen) atoms. The highest BCUT2D eigenvalue weighted by molar-refractivity contribution is 7.13. The Balaban J connectivity index is 1.96. The van der Waals surface area contributed by atoms with Crippen LogP contribution in [0.5, 0.6) is 0 Å². The maximum absolute atomic E-state index is 12.3. The van der Waals surface area contributed by atoms with Crippen LogP contribution in [0.3, 0.4) is 0 Å². The van der Waals surface area contributed by atoms with E-state index in [1.165, 1.54) is 37.0 Å². The average molecular weight is 310 g/mol. The normalized spacial score (nSPS) is 18.7. The van der Waals surface area contributed by atoms with Crippen molar-refractivity contribution in [3.63, 3.8) is 0 Å². The molecule has 1 aliphatic carbocycles. The molecule has 2 unspecified atom stereocenters. The topological polar surface area (TPSA) is 62.2 Å². The number of rotatable bonds is 6. The maximum Gasteiger partial charge on any atom is 0.263 e. The van der Waals surface area contributed by atoms with Gasteiger partial charge in [-0.3, -0.25) is 4.79 Å². The SMILES string of the molecule is CCC(C)C(O)CNC(=O)c1sc(C2CCCC2)nc1C. The molecule has 1 amide bonds. The lowest BCUT2D eigenvalue weighted by atomic mass is 10.0. The van der Waals surface area contributed by atoms with Gasteiger partial charge in [-0.25, -0.2) is 4.98 Å². The van der Waals surface area contributed by atoms with Crippen LogP contribution < -0.4 is 5.32 Å². The Morgan fingerprint density at radius 2 is 2.14 bits per heavy atom. The highest BCUT2D eigenvalue weighted by Crippen LogP contribution is 2.37. The standard InChI is InChI=1S/C16H26N2O2S/c1-4-10(2)13(19)9-17-15(20)14-11(3)18-16(21-14)12-7-5-6-8-12/h10,12-13,19H,4-9H2,1-3H3,(H,17,20). The third-order valence-corrected chi connectivity index (χ3v) is 5.82. The summed E-state index contributed by atoms with van der Waals surface area (Å²) in [6.07, 6.45) is 5.35. The summed E-state index contributed by atoms with van der Waals surface area (Å²) >= 11 is 1.53. The molecule has 2 rings (SSSR count). The van der Waals surface area contributed by atoms with Gasteiger partial charge in [-0.05, 0) is 25.7 Å². The van der Waals surface area contributed by atoms with E-state index in [1.807, 2.05) is 20.8 Å². The van der Waals surface area contributed by atoms with Crippen LogP contribution in [0.15, 0.2) is 0 Å². The summed E-state index contributed by atoms with van der Waals surface area (Å²) in [5.74, 6) is 0.638. The second-order valence-electron chi connectivity index (χ2n) is 6.11. The smallest absolute Gasteiger partial charge is 0.263 e. The van der Waals surface area contributed by atoms with E-state index in [2.05, 4.69) is 10.3 Å². The van der Waals surface area contributed by atoms with Crippen LogP contribution in [-0.4, -0.2) is 28.6 Å². The number of aliphatic hydroxyl groups is 1. The molecule has 1 saturated carbocycles. The Kier molecular flexibility index (Phi) is 5.76. The number of hydrogen-bond donors (Lipinski definition) is 2. The van der Waals surface area contributed by atoms with E-state index in [-0.39, 0.29) is 11.8 Å². The molecule has 2 N–H and O–H groups in total. The van der Waals surface area contributed by atoms with Crippen molar-refractivity contribution in [2.45, 2.75) is 64.9 Å². The van der Waals surface area contributed by atoms with Crippen molar-refractivity contribution in [3.8, 4) is 0 Å². The summed E-state index contributed by atoms with van der Waals surface area (Å²) in [6.45, 7) is 6.24. The number of nitrogens with zero attached hydrogens (tertiary/aromatic N) is 1. The summed E-state index contributed by atoms with van der Waals surface area (Å²) in [5, 5.41) is 13.9. The van der Waals surface area contributed by atoms with Gasteiger partial charge in [0, 0.05) is 12.5 Å². The number of aliphatic hydroxyl groups excluding tert-OH is 1. The van der Waals surface area contributed by atoms with Crippen LogP contribution >= 0.6 is 11.3 Å². The Labute approximate surface area is 131 Å². The maximum atomic E-state index is 12.3. The molecule has 5 heteroatoms. The Bertz CT molecular complexity index is 481. The van der Waals surface area contributed by atoms with Gasteiger partial charge in [0.1, 0.15) is 4.88 Å². The summed E-state index contributed by atoms with van der Waals surface area (Å²) in [6, 6.07) is 0. The van der Waals surface area contributed by atoms with Gasteiger partial charge in [-0.2, -0.15) is 0 Å². The van der Waals surface area contributed by atoms with Crippen LogP contribution in [0, 0.1) is 12.8 Å². The van der Waals surface area contributed by atoms with Crippen molar-refractivity contribution in [2.24, 2.45) is 5.92 Å². The molecule has 2 atom stereocenters. The zero-order valence-electron chi connectivity index (χ0n) is 13.2. The first-order valence-electron chi connectivity index (χ1n) is 7.96. The van der Waals surface area contributed by atoms with Crippen molar-refractivity contribution in [2.75, 3.05) is 6.54 Å². The molecule has 1 aromatic rings. The molecule has 0 aliphatic heterocycles. The second kappa shape index (κ2) is 7.36. The minimum atomic E-state index is -0.485. The number of carbonyl (C=O) groups excluding carboxylic acids is 1. The Morgan fingerprint density at radius 3 is 2.76 bits per heavy atom. The third kappa shape index (κ3) is 4.04. The predicted molar refractivity (Wildman–Crippen MR) is 85.9 cm³/mol. The molecule has 1 heterocycles. The molecule has 0 saturated heterocycles. The van der Waals surface area contributed by atoms with Crippen LogP contribution in [0.2, 0.25) is 0 Å². The van der Waals surface area contributed by atoms with Crippen molar-refractivity contribution in [1.29, 1.82) is 0 Å². The molecular formula is C16H26N2O2S. The molecule has 0 bridgehead atoms. The van der Waals surface area contributed by atoms with Gasteiger partial charge in [0.2, 0.25) is 0 Å². The first-order valence-corrected chi connectivity index (χ1v) is 8.78. The van der Waals surface area contributed by atoms with Crippen LogP contribution in [0.1, 0.15) is 72.2 Å². The molecule has 1 aliphatic rings. The fourth-order valence-electron chi connectivity index (χ4n) is 2.73. The lowest BCUT2D eigenvalue weighted by Gasteiger charge is -2.17. The minimum absolute atomic E-state index is 0.100. The Hall–Kier alpha value is -0.940. The van der Waals surface area contributed by atoms with Crippen molar-refractivity contribution in [3.05, 3.63) is 15.6 Å². The van der Waals surface area contributed by atoms with Crippen molar-refractivity contribution >= 4 is 17.2 Å². The lowest BCUT2D eigenvalue weighted by Crippen LogP contribution is -2.35. The molecule has 0 aromatic carbocycles. The highest BCUT2D eigenvalue weighted by atomic mass is 32.1. The lowest BCUT2D eigenvalue weighted by molar-refractivity contribution is 0.0853. The molecule has 4 nitrogen and oxygen atoms in total. The zero-order valence-corrected chi connectivity index (χ0v) is 14.0. The number of nitrogens with one attached hydrogen (secondary N) is 1. The van der Waals surface area contributed by atoms with Crippen LogP contribution in [-0.2, 0) is 0 Å². The summed E-state index contributed by atoms with van der Waals surface area (Å²) in [7, 11) is 0. The summed E-state index contributed by atoms with van der Waals surface area (Å²) in [5.41, 5.74) is 0.817. The molecule has 118 valence electrons. The number of thiazole rings is 1. The minimum Gasteiger partial charge on any atom is -0.391 e. The fraction of sp³-hybridized carbons (Fsp3) is 0.750. The van der Waals surface area contributed by atoms with E-state index in [4.69, 9.17) is 0 Å². The summed E-state index contributed by atoms with van der Waals surface area (Å²) < 4.78 is 0. The van der Waals surface area contributed by atoms with E-state index < -0.39 is 6.10 Å². The van der Waals surface area contributed by atoms with E-state index in [0.29, 0.717) is 17.3 Å². The highest BCUT2D eigenvalue weighted by Gasteiger charge is 2.24. The second-order valence-corrected chi connectivity index (χ2v) is 7.14. The van der Waals surface area contributed by atoms with E-state index in [9.17, 15) is 9.90 Å². The van der Waals surface area contributed by atoms with Gasteiger partial charge in [-0.15, -0.1) is 11.3 Å². The summed E-state index contributed by atoms with van der Waals surface area (Å²) in [4.78, 5) is 17.5. The van der Waals surface area contributed by atoms with E-state index in [1.54, 1.807) is 0 Å². The van der Waals surface area contributed by atoms with Gasteiger partial charge in [0.05, 0.1) is 16.8 Å². The van der Waals surface area contributed by atoms with Gasteiger partial charge in [0.15, 0.2) is 0 Å². The van der Waals surface area contributed by atoms with Crippen LogP contribution in [0.25, 0.3) is 0 Å². The third-order valence-electron chi connectivity index (χ3n) is 4.50. The first kappa shape index (κ1) is 16.4. The zero-order chi connectivity index (χ0) is 15.4. The van der Waals surface area contributed by atoms with Gasteiger partial charge >= 0.3 is 0 Å². The fourth-order valence-corrected chi connectivity index (χ4v) is 3.88. The van der Waals surface area contributed by atoms with Crippen molar-refractivity contribution < 1.29 is 9.90 Å². The monoisotopic (exact) mass is 310 g/mol. The van der Waals surface area contributed by atoms with Gasteiger partial charge < -0.3 is 10.4 Å². The number of aryl methyl sites for hydroxylation is 1. The average Bonchev–Trinajstić information content (AvgIpc) is 3.12. The van der Waals surface area contributed by atoms with Crippen molar-refractivity contribution in [1.82, 2.24) is 10.3 Å². The number of amides is 1. The first-order chi connectivity index (χ1) is 10.0. The number of hydrogen-bond acceptors (Lipinski definition) is 4. The van der Waals surface area contributed by atoms with E-state index in [0.717, 1.165) is 17.1 Å². The van der Waals surface area contributed by atoms with Gasteiger partial charge in [-0.1, -0.05) is 33.1 Å². The van der Waals surface area contributed by atoms with Crippen LogP contribution in [0.4, 0.5) is 0 Å². The van der Waals surface area contributed by atoms with E-state index >= 15 is 0 Å². The molecular weight excluding hydrogens is 284 g/mol. The number of aromatic nitrogens is 1. The predicted octanol–water partition coefficient (Wildman–Crippen LogP) is 3.25. The quantitative estimate of drug-likeness (QED) is 0.848. The molecule has 1 fully saturated rings. The molecule has 0 radical (unpaired) electrons. The molecule has 0 spiro atoms.